The Bertz CT molecular complexity index is 571. The van der Waals surface area contributed by atoms with Crippen molar-refractivity contribution in [3.63, 3.8) is 0 Å². The first kappa shape index (κ1) is 15.0. The van der Waals surface area contributed by atoms with E-state index in [4.69, 9.17) is 9.15 Å². The van der Waals surface area contributed by atoms with Crippen molar-refractivity contribution in [3.8, 4) is 17.2 Å². The molecule has 1 aromatic heterocycles. The van der Waals surface area contributed by atoms with Crippen LogP contribution in [-0.4, -0.2) is 23.9 Å². The van der Waals surface area contributed by atoms with E-state index >= 15 is 0 Å². The van der Waals surface area contributed by atoms with Gasteiger partial charge in [-0.25, -0.2) is 0 Å². The summed E-state index contributed by atoms with van der Waals surface area (Å²) in [6.45, 7) is 5.04. The molecule has 1 unspecified atom stereocenters. The largest absolute Gasteiger partial charge is 0.496 e. The molecule has 1 N–H and O–H groups in total. The minimum Gasteiger partial charge on any atom is -0.496 e. The van der Waals surface area contributed by atoms with Crippen molar-refractivity contribution >= 4 is 15.9 Å². The molecule has 2 rings (SSSR count). The van der Waals surface area contributed by atoms with Crippen LogP contribution in [-0.2, 0) is 0 Å². The number of rotatable bonds is 6. The molecule has 20 heavy (non-hydrogen) atoms. The lowest BCUT2D eigenvalue weighted by Gasteiger charge is -2.08. The highest BCUT2D eigenvalue weighted by atomic mass is 79.9. The van der Waals surface area contributed by atoms with Crippen molar-refractivity contribution in [2.75, 3.05) is 13.7 Å². The third-order valence-electron chi connectivity index (χ3n) is 2.91. The van der Waals surface area contributed by atoms with Crippen molar-refractivity contribution < 1.29 is 9.15 Å². The van der Waals surface area contributed by atoms with Crippen LogP contribution < -0.4 is 10.1 Å². The number of hydrogen-bond acceptors (Lipinski definition) is 5. The van der Waals surface area contributed by atoms with Gasteiger partial charge in [0.05, 0.1) is 18.7 Å². The van der Waals surface area contributed by atoms with Crippen LogP contribution in [0.25, 0.3) is 11.5 Å². The Morgan fingerprint density at radius 2 is 2.20 bits per heavy atom. The summed E-state index contributed by atoms with van der Waals surface area (Å²) in [5, 5.41) is 11.5. The van der Waals surface area contributed by atoms with E-state index in [-0.39, 0.29) is 6.04 Å². The molecule has 108 valence electrons. The topological polar surface area (TPSA) is 60.2 Å². The zero-order valence-corrected chi connectivity index (χ0v) is 13.4. The summed E-state index contributed by atoms with van der Waals surface area (Å²) in [7, 11) is 1.62. The van der Waals surface area contributed by atoms with Gasteiger partial charge in [0.2, 0.25) is 5.89 Å². The Balaban J connectivity index is 2.24. The van der Waals surface area contributed by atoms with Gasteiger partial charge in [-0.15, -0.1) is 10.2 Å². The van der Waals surface area contributed by atoms with E-state index < -0.39 is 0 Å². The first-order chi connectivity index (χ1) is 9.65. The lowest BCUT2D eigenvalue weighted by molar-refractivity contribution is 0.407. The molecule has 6 heteroatoms. The number of aromatic nitrogens is 2. The van der Waals surface area contributed by atoms with Crippen LogP contribution in [0.5, 0.6) is 5.75 Å². The second-order valence-corrected chi connectivity index (χ2v) is 5.38. The van der Waals surface area contributed by atoms with Crippen LogP contribution >= 0.6 is 15.9 Å². The molecule has 0 bridgehead atoms. The molecule has 0 aliphatic heterocycles. The van der Waals surface area contributed by atoms with Crippen LogP contribution in [0.15, 0.2) is 27.1 Å². The number of hydrogen-bond donors (Lipinski definition) is 1. The van der Waals surface area contributed by atoms with E-state index in [0.717, 1.165) is 23.0 Å². The molecule has 0 aliphatic carbocycles. The number of nitrogens with one attached hydrogen (secondary N) is 1. The number of ether oxygens (including phenoxy) is 1. The standard InChI is InChI=1S/C14H18BrN3O2/c1-4-7-16-9(2)13-17-18-14(20-13)11-6-5-10(15)8-12(11)19-3/h5-6,8-9,16H,4,7H2,1-3H3. The van der Waals surface area contributed by atoms with Crippen LogP contribution in [0.2, 0.25) is 0 Å². The predicted octanol–water partition coefficient (Wildman–Crippen LogP) is 3.57. The van der Waals surface area contributed by atoms with E-state index in [1.807, 2.05) is 25.1 Å². The summed E-state index contributed by atoms with van der Waals surface area (Å²) in [6, 6.07) is 5.72. The summed E-state index contributed by atoms with van der Waals surface area (Å²) < 4.78 is 12.0. The minimum atomic E-state index is 0.0395. The molecule has 2 aromatic rings. The average Bonchev–Trinajstić information content (AvgIpc) is 2.94. The summed E-state index contributed by atoms with van der Waals surface area (Å²) in [6.07, 6.45) is 1.06. The third-order valence-corrected chi connectivity index (χ3v) is 3.40. The van der Waals surface area contributed by atoms with Gasteiger partial charge in [-0.2, -0.15) is 0 Å². The van der Waals surface area contributed by atoms with E-state index in [0.29, 0.717) is 17.5 Å². The smallest absolute Gasteiger partial charge is 0.251 e. The highest BCUT2D eigenvalue weighted by Gasteiger charge is 2.17. The van der Waals surface area contributed by atoms with E-state index in [2.05, 4.69) is 38.4 Å². The quantitative estimate of drug-likeness (QED) is 0.871. The second kappa shape index (κ2) is 6.85. The fourth-order valence-electron chi connectivity index (χ4n) is 1.81. The number of methoxy groups -OCH3 is 1. The Hall–Kier alpha value is -1.40. The van der Waals surface area contributed by atoms with Crippen LogP contribution in [0.4, 0.5) is 0 Å². The van der Waals surface area contributed by atoms with Gasteiger partial charge in [-0.05, 0) is 38.1 Å². The molecule has 0 radical (unpaired) electrons. The molecule has 0 saturated heterocycles. The van der Waals surface area contributed by atoms with Gasteiger partial charge in [-0.1, -0.05) is 22.9 Å². The van der Waals surface area contributed by atoms with Gasteiger partial charge >= 0.3 is 0 Å². The zero-order valence-electron chi connectivity index (χ0n) is 11.8. The first-order valence-corrected chi connectivity index (χ1v) is 7.35. The van der Waals surface area contributed by atoms with Gasteiger partial charge in [0, 0.05) is 4.47 Å². The predicted molar refractivity (Wildman–Crippen MR) is 80.7 cm³/mol. The van der Waals surface area contributed by atoms with Crippen molar-refractivity contribution in [2.45, 2.75) is 26.3 Å². The molecule has 0 amide bonds. The Morgan fingerprint density at radius 3 is 2.90 bits per heavy atom. The molecular formula is C14H18BrN3O2. The van der Waals surface area contributed by atoms with Crippen molar-refractivity contribution in [2.24, 2.45) is 0 Å². The molecule has 1 atom stereocenters. The van der Waals surface area contributed by atoms with Crippen molar-refractivity contribution in [1.29, 1.82) is 0 Å². The highest BCUT2D eigenvalue weighted by molar-refractivity contribution is 9.10. The van der Waals surface area contributed by atoms with Crippen LogP contribution in [0.3, 0.4) is 0 Å². The normalized spacial score (nSPS) is 12.4. The fraction of sp³-hybridized carbons (Fsp3) is 0.429. The molecular weight excluding hydrogens is 322 g/mol. The minimum absolute atomic E-state index is 0.0395. The molecule has 0 aliphatic rings. The van der Waals surface area contributed by atoms with Gasteiger partial charge in [-0.3, -0.25) is 0 Å². The Morgan fingerprint density at radius 1 is 1.40 bits per heavy atom. The first-order valence-electron chi connectivity index (χ1n) is 6.56. The number of halogens is 1. The fourth-order valence-corrected chi connectivity index (χ4v) is 2.15. The van der Waals surface area contributed by atoms with E-state index in [1.165, 1.54) is 0 Å². The Kier molecular flexibility index (Phi) is 5.14. The maximum absolute atomic E-state index is 5.73. The molecule has 5 nitrogen and oxygen atoms in total. The van der Waals surface area contributed by atoms with E-state index in [9.17, 15) is 0 Å². The lowest BCUT2D eigenvalue weighted by atomic mass is 10.2. The summed E-state index contributed by atoms with van der Waals surface area (Å²) >= 11 is 3.41. The summed E-state index contributed by atoms with van der Waals surface area (Å²) in [5.41, 5.74) is 0.789. The summed E-state index contributed by atoms with van der Waals surface area (Å²) in [5.74, 6) is 1.75. The van der Waals surface area contributed by atoms with Crippen molar-refractivity contribution in [3.05, 3.63) is 28.6 Å². The van der Waals surface area contributed by atoms with Gasteiger partial charge < -0.3 is 14.5 Å². The van der Waals surface area contributed by atoms with Crippen LogP contribution in [0, 0.1) is 0 Å². The highest BCUT2D eigenvalue weighted by Crippen LogP contribution is 2.32. The zero-order chi connectivity index (χ0) is 14.5. The average molecular weight is 340 g/mol. The number of benzene rings is 1. The van der Waals surface area contributed by atoms with E-state index in [1.54, 1.807) is 7.11 Å². The second-order valence-electron chi connectivity index (χ2n) is 4.47. The van der Waals surface area contributed by atoms with Crippen molar-refractivity contribution in [1.82, 2.24) is 15.5 Å². The Labute approximate surface area is 126 Å². The molecule has 1 heterocycles. The molecule has 0 fully saturated rings. The van der Waals surface area contributed by atoms with Gasteiger partial charge in [0.15, 0.2) is 0 Å². The maximum atomic E-state index is 5.73. The maximum Gasteiger partial charge on any atom is 0.251 e. The van der Waals surface area contributed by atoms with Crippen LogP contribution in [0.1, 0.15) is 32.2 Å². The van der Waals surface area contributed by atoms with Gasteiger partial charge in [0.25, 0.3) is 5.89 Å². The van der Waals surface area contributed by atoms with Gasteiger partial charge in [0.1, 0.15) is 5.75 Å². The SMILES string of the molecule is CCCNC(C)c1nnc(-c2ccc(Br)cc2OC)o1. The number of nitrogens with zero attached hydrogens (tertiary/aromatic N) is 2. The molecule has 1 aromatic carbocycles. The molecule has 0 saturated carbocycles. The third kappa shape index (κ3) is 3.37. The summed E-state index contributed by atoms with van der Waals surface area (Å²) in [4.78, 5) is 0. The molecule has 0 spiro atoms. The monoisotopic (exact) mass is 339 g/mol. The lowest BCUT2D eigenvalue weighted by Crippen LogP contribution is -2.19.